The average molecular weight is 272 g/mol. The molecule has 0 amide bonds. The lowest BCUT2D eigenvalue weighted by Crippen LogP contribution is -2.45. The molecule has 2 rings (SSSR count). The zero-order valence-electron chi connectivity index (χ0n) is 10.5. The van der Waals surface area contributed by atoms with E-state index in [0.29, 0.717) is 18.7 Å². The molecule has 1 heterocycles. The van der Waals surface area contributed by atoms with Crippen LogP contribution >= 0.6 is 0 Å². The minimum absolute atomic E-state index is 0.0257. The second-order valence-corrected chi connectivity index (χ2v) is 4.67. The van der Waals surface area contributed by atoms with E-state index in [2.05, 4.69) is 5.32 Å². The fourth-order valence-corrected chi connectivity index (χ4v) is 2.44. The van der Waals surface area contributed by atoms with Gasteiger partial charge in [0.25, 0.3) is 0 Å². The molecule has 0 bridgehead atoms. The Morgan fingerprint density at radius 3 is 2.53 bits per heavy atom. The monoisotopic (exact) mass is 272 g/mol. The maximum atomic E-state index is 12.8. The molecule has 3 N–H and O–H groups in total. The molecule has 106 valence electrons. The average Bonchev–Trinajstić information content (AvgIpc) is 2.40. The number of hydrogen-bond acceptors (Lipinski definition) is 4. The molecule has 0 unspecified atom stereocenters. The first-order valence-electron chi connectivity index (χ1n) is 6.32. The Bertz CT molecular complexity index is 423. The van der Waals surface area contributed by atoms with Crippen molar-refractivity contribution in [2.45, 2.75) is 18.9 Å². The standard InChI is InChI=1S/C13H18F2N2O2/c14-13(15)8-11(17-5-3-16-4-6-17)10-7-9(18)1-2-12(10)19/h1-2,7,11,13,16,18-19H,3-6,8H2/t11-/m0/s1. The summed E-state index contributed by atoms with van der Waals surface area (Å²) in [6.07, 6.45) is -2.81. The molecule has 0 saturated carbocycles. The van der Waals surface area contributed by atoms with Gasteiger partial charge in [-0.3, -0.25) is 4.90 Å². The number of hydrogen-bond donors (Lipinski definition) is 3. The molecule has 0 aromatic heterocycles. The van der Waals surface area contributed by atoms with Crippen LogP contribution in [0.1, 0.15) is 18.0 Å². The summed E-state index contributed by atoms with van der Waals surface area (Å²) in [6, 6.07) is 3.47. The van der Waals surface area contributed by atoms with Crippen LogP contribution in [0, 0.1) is 0 Å². The number of nitrogens with zero attached hydrogens (tertiary/aromatic N) is 1. The van der Waals surface area contributed by atoms with Gasteiger partial charge in [-0.1, -0.05) is 0 Å². The van der Waals surface area contributed by atoms with Gasteiger partial charge in [-0.25, -0.2) is 8.78 Å². The molecule has 1 aromatic rings. The molecule has 6 heteroatoms. The van der Waals surface area contributed by atoms with Gasteiger partial charge < -0.3 is 15.5 Å². The zero-order chi connectivity index (χ0) is 13.8. The first-order valence-corrected chi connectivity index (χ1v) is 6.32. The Kier molecular flexibility index (Phi) is 4.55. The van der Waals surface area contributed by atoms with Crippen LogP contribution in [0.3, 0.4) is 0 Å². The van der Waals surface area contributed by atoms with E-state index in [4.69, 9.17) is 0 Å². The number of halogens is 2. The highest BCUT2D eigenvalue weighted by molar-refractivity contribution is 5.40. The largest absolute Gasteiger partial charge is 0.508 e. The Balaban J connectivity index is 2.27. The van der Waals surface area contributed by atoms with Crippen molar-refractivity contribution in [2.24, 2.45) is 0 Å². The minimum atomic E-state index is -2.46. The van der Waals surface area contributed by atoms with Gasteiger partial charge in [0.15, 0.2) is 0 Å². The lowest BCUT2D eigenvalue weighted by atomic mass is 10.00. The molecular weight excluding hydrogens is 254 g/mol. The molecule has 1 fully saturated rings. The van der Waals surface area contributed by atoms with Crippen LogP contribution in [-0.2, 0) is 0 Å². The van der Waals surface area contributed by atoms with Crippen LogP contribution in [0.4, 0.5) is 8.78 Å². The molecule has 1 saturated heterocycles. The van der Waals surface area contributed by atoms with E-state index in [1.807, 2.05) is 4.90 Å². The van der Waals surface area contributed by atoms with Gasteiger partial charge >= 0.3 is 0 Å². The SMILES string of the molecule is Oc1ccc(O)c([C@H](CC(F)F)N2CCNCC2)c1. The fourth-order valence-electron chi connectivity index (χ4n) is 2.44. The molecule has 1 aromatic carbocycles. The molecule has 0 aliphatic carbocycles. The molecule has 1 aliphatic heterocycles. The molecule has 1 atom stereocenters. The van der Waals surface area contributed by atoms with Gasteiger partial charge in [0.05, 0.1) is 0 Å². The summed E-state index contributed by atoms with van der Waals surface area (Å²) in [5, 5.41) is 22.5. The molecule has 0 radical (unpaired) electrons. The smallest absolute Gasteiger partial charge is 0.240 e. The first-order chi connectivity index (χ1) is 9.08. The summed E-state index contributed by atoms with van der Waals surface area (Å²) in [5.41, 5.74) is 0.363. The number of rotatable bonds is 4. The van der Waals surface area contributed by atoms with Crippen molar-refractivity contribution in [3.05, 3.63) is 23.8 Å². The minimum Gasteiger partial charge on any atom is -0.508 e. The zero-order valence-corrected chi connectivity index (χ0v) is 10.5. The van der Waals surface area contributed by atoms with Crippen LogP contribution in [0.2, 0.25) is 0 Å². The maximum absolute atomic E-state index is 12.8. The Morgan fingerprint density at radius 2 is 1.89 bits per heavy atom. The highest BCUT2D eigenvalue weighted by Crippen LogP contribution is 2.35. The van der Waals surface area contributed by atoms with Crippen molar-refractivity contribution >= 4 is 0 Å². The summed E-state index contributed by atoms with van der Waals surface area (Å²) < 4.78 is 25.5. The number of phenols is 2. The number of nitrogens with one attached hydrogen (secondary N) is 1. The predicted octanol–water partition coefficient (Wildman–Crippen LogP) is 1.70. The van der Waals surface area contributed by atoms with Crippen molar-refractivity contribution in [3.8, 4) is 11.5 Å². The second kappa shape index (κ2) is 6.16. The lowest BCUT2D eigenvalue weighted by Gasteiger charge is -2.35. The second-order valence-electron chi connectivity index (χ2n) is 4.67. The van der Waals surface area contributed by atoms with E-state index < -0.39 is 12.5 Å². The van der Waals surface area contributed by atoms with Crippen LogP contribution in [0.5, 0.6) is 11.5 Å². The molecule has 19 heavy (non-hydrogen) atoms. The Hall–Kier alpha value is -1.40. The number of aromatic hydroxyl groups is 2. The van der Waals surface area contributed by atoms with E-state index in [1.165, 1.54) is 18.2 Å². The lowest BCUT2D eigenvalue weighted by molar-refractivity contribution is 0.0729. The maximum Gasteiger partial charge on any atom is 0.240 e. The molecule has 0 spiro atoms. The third-order valence-corrected chi connectivity index (χ3v) is 3.36. The van der Waals surface area contributed by atoms with Gasteiger partial charge in [-0.15, -0.1) is 0 Å². The van der Waals surface area contributed by atoms with Crippen molar-refractivity contribution < 1.29 is 19.0 Å². The normalized spacial score (nSPS) is 18.7. The predicted molar refractivity (Wildman–Crippen MR) is 67.6 cm³/mol. The van der Waals surface area contributed by atoms with E-state index >= 15 is 0 Å². The van der Waals surface area contributed by atoms with Crippen molar-refractivity contribution in [1.29, 1.82) is 0 Å². The quantitative estimate of drug-likeness (QED) is 0.730. The highest BCUT2D eigenvalue weighted by atomic mass is 19.3. The van der Waals surface area contributed by atoms with Crippen LogP contribution in [-0.4, -0.2) is 47.7 Å². The fraction of sp³-hybridized carbons (Fsp3) is 0.538. The van der Waals surface area contributed by atoms with Gasteiger partial charge in [0.2, 0.25) is 6.43 Å². The number of benzene rings is 1. The third-order valence-electron chi connectivity index (χ3n) is 3.36. The summed E-state index contributed by atoms with van der Waals surface area (Å²) in [5.74, 6) is -0.0795. The van der Waals surface area contributed by atoms with E-state index in [-0.39, 0.29) is 17.9 Å². The van der Waals surface area contributed by atoms with E-state index in [1.54, 1.807) is 0 Å². The number of alkyl halides is 2. The summed E-state index contributed by atoms with van der Waals surface area (Å²) in [7, 11) is 0. The van der Waals surface area contributed by atoms with Crippen LogP contribution in [0.15, 0.2) is 18.2 Å². The Morgan fingerprint density at radius 1 is 1.21 bits per heavy atom. The molecule has 1 aliphatic rings. The number of phenolic OH excluding ortho intramolecular Hbond substituents is 2. The van der Waals surface area contributed by atoms with Gasteiger partial charge in [0.1, 0.15) is 11.5 Å². The van der Waals surface area contributed by atoms with Crippen LogP contribution in [0.25, 0.3) is 0 Å². The summed E-state index contributed by atoms with van der Waals surface area (Å²) >= 11 is 0. The van der Waals surface area contributed by atoms with E-state index in [9.17, 15) is 19.0 Å². The molecular formula is C13H18F2N2O2. The van der Waals surface area contributed by atoms with Gasteiger partial charge in [0, 0.05) is 44.2 Å². The van der Waals surface area contributed by atoms with E-state index in [0.717, 1.165) is 13.1 Å². The van der Waals surface area contributed by atoms with Gasteiger partial charge in [-0.2, -0.15) is 0 Å². The topological polar surface area (TPSA) is 55.7 Å². The molecule has 4 nitrogen and oxygen atoms in total. The summed E-state index contributed by atoms with van der Waals surface area (Å²) in [6.45, 7) is 2.76. The summed E-state index contributed by atoms with van der Waals surface area (Å²) in [4.78, 5) is 1.91. The van der Waals surface area contributed by atoms with Crippen LogP contribution < -0.4 is 5.32 Å². The van der Waals surface area contributed by atoms with Gasteiger partial charge in [-0.05, 0) is 18.2 Å². The van der Waals surface area contributed by atoms with Crippen molar-refractivity contribution in [1.82, 2.24) is 10.2 Å². The van der Waals surface area contributed by atoms with Crippen molar-refractivity contribution in [3.63, 3.8) is 0 Å². The highest BCUT2D eigenvalue weighted by Gasteiger charge is 2.27. The Labute approximate surface area is 110 Å². The number of piperazine rings is 1. The van der Waals surface area contributed by atoms with Crippen molar-refractivity contribution in [2.75, 3.05) is 26.2 Å². The third kappa shape index (κ3) is 3.54. The first kappa shape index (κ1) is 14.0.